The molecule has 1 N–H and O–H groups in total. The van der Waals surface area contributed by atoms with Crippen LogP contribution in [0.3, 0.4) is 0 Å². The van der Waals surface area contributed by atoms with Gasteiger partial charge in [-0.15, -0.1) is 11.3 Å². The number of thiophene rings is 1. The summed E-state index contributed by atoms with van der Waals surface area (Å²) in [5.74, 6) is -0.351. The molecule has 0 saturated heterocycles. The van der Waals surface area contributed by atoms with Gasteiger partial charge >= 0.3 is 5.97 Å². The van der Waals surface area contributed by atoms with Gasteiger partial charge in [-0.1, -0.05) is 24.3 Å². The zero-order valence-electron chi connectivity index (χ0n) is 21.1. The number of carbonyl (C=O) groups is 2. The molecule has 200 valence electrons. The first-order valence-electron chi connectivity index (χ1n) is 11.9. The fourth-order valence-corrected chi connectivity index (χ4v) is 5.11. The van der Waals surface area contributed by atoms with E-state index < -0.39 is 42.2 Å². The fraction of sp³-hybridized carbons (Fsp3) is 0.222. The maximum atomic E-state index is 13.2. The molecule has 3 heterocycles. The molecule has 1 aliphatic rings. The molecule has 0 unspecified atom stereocenters. The Morgan fingerprint density at radius 3 is 2.51 bits per heavy atom. The highest BCUT2D eigenvalue weighted by Gasteiger charge is 2.34. The van der Waals surface area contributed by atoms with Crippen LogP contribution >= 0.6 is 11.3 Å². The summed E-state index contributed by atoms with van der Waals surface area (Å²) in [7, 11) is 3.07. The normalized spacial score (nSPS) is 14.8. The number of aromatic nitrogens is 2. The molecule has 11 nitrogen and oxygen atoms in total. The molecule has 0 saturated carbocycles. The SMILES string of the molecule is COc1ccc([C@@H]2CC(c3cccs3)=NN2C(=O)COC(=O)Cn2[nH]c(=O)c3ccccc3c2=O)cc1OC. The summed E-state index contributed by atoms with van der Waals surface area (Å²) in [6.07, 6.45) is 0.448. The predicted molar refractivity (Wildman–Crippen MR) is 144 cm³/mol. The monoisotopic (exact) mass is 548 g/mol. The number of benzene rings is 2. The molecule has 39 heavy (non-hydrogen) atoms. The zero-order chi connectivity index (χ0) is 27.5. The first-order valence-corrected chi connectivity index (χ1v) is 12.8. The van der Waals surface area contributed by atoms with Gasteiger partial charge in [0, 0.05) is 6.42 Å². The van der Waals surface area contributed by atoms with Gasteiger partial charge in [0.15, 0.2) is 18.1 Å². The van der Waals surface area contributed by atoms with Crippen LogP contribution in [0.25, 0.3) is 10.8 Å². The Balaban J connectivity index is 1.34. The number of esters is 1. The van der Waals surface area contributed by atoms with Crippen molar-refractivity contribution in [2.24, 2.45) is 5.10 Å². The minimum atomic E-state index is -0.860. The number of amides is 1. The number of hydrazone groups is 1. The highest BCUT2D eigenvalue weighted by Crippen LogP contribution is 2.37. The number of aromatic amines is 1. The number of carbonyl (C=O) groups excluding carboxylic acids is 2. The van der Waals surface area contributed by atoms with E-state index in [0.29, 0.717) is 17.9 Å². The van der Waals surface area contributed by atoms with E-state index in [1.54, 1.807) is 24.3 Å². The molecule has 12 heteroatoms. The van der Waals surface area contributed by atoms with Crippen LogP contribution in [0.5, 0.6) is 11.5 Å². The van der Waals surface area contributed by atoms with Crippen LogP contribution in [0, 0.1) is 0 Å². The third-order valence-corrected chi connectivity index (χ3v) is 7.21. The number of hydrogen-bond donors (Lipinski definition) is 1. The summed E-state index contributed by atoms with van der Waals surface area (Å²) < 4.78 is 16.8. The molecule has 0 aliphatic carbocycles. The Kier molecular flexibility index (Phi) is 7.28. The van der Waals surface area contributed by atoms with Crippen molar-refractivity contribution in [3.8, 4) is 11.5 Å². The number of nitrogens with one attached hydrogen (secondary N) is 1. The number of nitrogens with zero attached hydrogens (tertiary/aromatic N) is 3. The average molecular weight is 549 g/mol. The summed E-state index contributed by atoms with van der Waals surface area (Å²) in [5.41, 5.74) is 0.429. The van der Waals surface area contributed by atoms with Crippen molar-refractivity contribution in [1.82, 2.24) is 14.8 Å². The molecular formula is C27H24N4O7S. The van der Waals surface area contributed by atoms with Crippen LogP contribution in [-0.4, -0.2) is 53.2 Å². The predicted octanol–water partition coefficient (Wildman–Crippen LogP) is 2.69. The number of methoxy groups -OCH3 is 2. The minimum absolute atomic E-state index is 0.176. The second kappa shape index (κ2) is 11.0. The first kappa shape index (κ1) is 25.9. The van der Waals surface area contributed by atoms with E-state index in [1.807, 2.05) is 23.6 Å². The maximum absolute atomic E-state index is 13.2. The zero-order valence-corrected chi connectivity index (χ0v) is 21.9. The highest BCUT2D eigenvalue weighted by atomic mass is 32.1. The summed E-state index contributed by atoms with van der Waals surface area (Å²) >= 11 is 1.51. The van der Waals surface area contributed by atoms with Crippen molar-refractivity contribution in [2.45, 2.75) is 19.0 Å². The van der Waals surface area contributed by atoms with E-state index in [9.17, 15) is 19.2 Å². The second-order valence-corrected chi connectivity index (χ2v) is 9.58. The third kappa shape index (κ3) is 5.18. The molecule has 0 radical (unpaired) electrons. The van der Waals surface area contributed by atoms with Crippen LogP contribution < -0.4 is 20.6 Å². The molecule has 4 aromatic rings. The Morgan fingerprint density at radius 1 is 1.03 bits per heavy atom. The fourth-order valence-electron chi connectivity index (χ4n) is 4.39. The van der Waals surface area contributed by atoms with Crippen molar-refractivity contribution in [2.75, 3.05) is 20.8 Å². The molecule has 0 spiro atoms. The van der Waals surface area contributed by atoms with Gasteiger partial charge in [-0.05, 0) is 41.3 Å². The van der Waals surface area contributed by atoms with E-state index in [2.05, 4.69) is 10.2 Å². The summed E-state index contributed by atoms with van der Waals surface area (Å²) in [6, 6.07) is 15.0. The van der Waals surface area contributed by atoms with Crippen LogP contribution in [0.4, 0.5) is 0 Å². The lowest BCUT2D eigenvalue weighted by molar-refractivity contribution is -0.153. The van der Waals surface area contributed by atoms with Gasteiger partial charge < -0.3 is 14.2 Å². The van der Waals surface area contributed by atoms with Gasteiger partial charge in [0.25, 0.3) is 17.0 Å². The van der Waals surface area contributed by atoms with Gasteiger partial charge in [-0.2, -0.15) is 5.10 Å². The van der Waals surface area contributed by atoms with E-state index in [1.165, 1.54) is 42.7 Å². The van der Waals surface area contributed by atoms with Gasteiger partial charge in [0.1, 0.15) is 6.54 Å². The first-order chi connectivity index (χ1) is 18.9. The van der Waals surface area contributed by atoms with Crippen LogP contribution in [0.15, 0.2) is 74.7 Å². The Bertz CT molecular complexity index is 1690. The number of H-pyrrole nitrogens is 1. The highest BCUT2D eigenvalue weighted by molar-refractivity contribution is 7.12. The molecule has 1 amide bonds. The largest absolute Gasteiger partial charge is 0.493 e. The van der Waals surface area contributed by atoms with E-state index in [4.69, 9.17) is 14.2 Å². The Hall–Kier alpha value is -4.71. The smallest absolute Gasteiger partial charge is 0.328 e. The molecule has 0 fully saturated rings. The number of fused-ring (bicyclic) bond motifs is 1. The molecule has 1 aliphatic heterocycles. The number of ether oxygens (including phenoxy) is 3. The molecular weight excluding hydrogens is 524 g/mol. The quantitative estimate of drug-likeness (QED) is 0.335. The van der Waals surface area contributed by atoms with Crippen molar-refractivity contribution in [3.05, 3.63) is 91.1 Å². The van der Waals surface area contributed by atoms with Crippen LogP contribution in [0.1, 0.15) is 22.9 Å². The van der Waals surface area contributed by atoms with Crippen LogP contribution in [-0.2, 0) is 20.9 Å². The molecule has 1 atom stereocenters. The van der Waals surface area contributed by atoms with Crippen molar-refractivity contribution in [3.63, 3.8) is 0 Å². The topological polar surface area (TPSA) is 132 Å². The van der Waals surface area contributed by atoms with Gasteiger partial charge in [0.2, 0.25) is 0 Å². The number of rotatable bonds is 8. The molecule has 0 bridgehead atoms. The second-order valence-electron chi connectivity index (χ2n) is 8.64. The number of hydrogen-bond acceptors (Lipinski definition) is 9. The lowest BCUT2D eigenvalue weighted by atomic mass is 10.0. The third-order valence-electron chi connectivity index (χ3n) is 6.29. The summed E-state index contributed by atoms with van der Waals surface area (Å²) in [4.78, 5) is 51.7. The van der Waals surface area contributed by atoms with Crippen molar-refractivity contribution in [1.29, 1.82) is 0 Å². The van der Waals surface area contributed by atoms with Gasteiger partial charge in [0.05, 0.1) is 41.6 Å². The van der Waals surface area contributed by atoms with Gasteiger partial charge in [-0.25, -0.2) is 9.69 Å². The maximum Gasteiger partial charge on any atom is 0.328 e. The molecule has 2 aromatic heterocycles. The Labute approximate surface area is 225 Å². The molecule has 2 aromatic carbocycles. The van der Waals surface area contributed by atoms with Gasteiger partial charge in [-0.3, -0.25) is 24.3 Å². The molecule has 5 rings (SSSR count). The van der Waals surface area contributed by atoms with Crippen molar-refractivity contribution < 1.29 is 23.8 Å². The van der Waals surface area contributed by atoms with E-state index in [0.717, 1.165) is 20.8 Å². The average Bonchev–Trinajstić information content (AvgIpc) is 3.65. The van der Waals surface area contributed by atoms with Crippen LogP contribution in [0.2, 0.25) is 0 Å². The van der Waals surface area contributed by atoms with E-state index in [-0.39, 0.29) is 10.8 Å². The minimum Gasteiger partial charge on any atom is -0.493 e. The van der Waals surface area contributed by atoms with E-state index >= 15 is 0 Å². The standard InChI is InChI=1S/C27H24N4O7S/c1-36-21-10-9-16(12-22(21)37-2)20-13-19(23-8-5-11-39-23)28-31(20)24(32)15-38-25(33)14-30-27(35)18-7-4-3-6-17(18)26(34)29-30/h3-12,20H,13-15H2,1-2H3,(H,29,34)/t20-/m0/s1. The lowest BCUT2D eigenvalue weighted by Crippen LogP contribution is -2.35. The van der Waals surface area contributed by atoms with Crippen molar-refractivity contribution >= 4 is 39.7 Å². The summed E-state index contributed by atoms with van der Waals surface area (Å²) in [5, 5.41) is 10.5. The lowest BCUT2D eigenvalue weighted by Gasteiger charge is -2.22. The Morgan fingerprint density at radius 2 is 1.79 bits per heavy atom. The summed E-state index contributed by atoms with van der Waals surface area (Å²) in [6.45, 7) is -1.16.